The molecule has 3 nitrogen and oxygen atoms in total. The molecule has 1 aliphatic carbocycles. The van der Waals surface area contributed by atoms with Gasteiger partial charge in [-0.25, -0.2) is 4.98 Å². The maximum absolute atomic E-state index is 5.70. The van der Waals surface area contributed by atoms with E-state index in [1.54, 1.807) is 0 Å². The highest BCUT2D eigenvalue weighted by atomic mass is 79.9. The maximum Gasteiger partial charge on any atom is 0.196 e. The molecule has 84 valence electrons. The van der Waals surface area contributed by atoms with Crippen LogP contribution in [-0.4, -0.2) is 17.6 Å². The third-order valence-corrected chi connectivity index (χ3v) is 3.38. The number of nitrogens with zero attached hydrogens (tertiary/aromatic N) is 1. The first-order valence-corrected chi connectivity index (χ1v) is 6.39. The molecule has 1 heterocycles. The molecule has 3 rings (SSSR count). The van der Waals surface area contributed by atoms with Crippen molar-refractivity contribution in [1.82, 2.24) is 10.3 Å². The number of fused-ring (bicyclic) bond motifs is 1. The molecule has 0 aliphatic heterocycles. The Morgan fingerprint density at radius 3 is 3.06 bits per heavy atom. The quantitative estimate of drug-likeness (QED) is 0.936. The van der Waals surface area contributed by atoms with Crippen LogP contribution in [0.2, 0.25) is 0 Å². The van der Waals surface area contributed by atoms with E-state index in [0.29, 0.717) is 0 Å². The van der Waals surface area contributed by atoms with Gasteiger partial charge in [0, 0.05) is 19.0 Å². The second-order valence-electron chi connectivity index (χ2n) is 4.17. The largest absolute Gasteiger partial charge is 0.439 e. The van der Waals surface area contributed by atoms with Gasteiger partial charge >= 0.3 is 0 Å². The molecule has 1 N–H and O–H groups in total. The van der Waals surface area contributed by atoms with E-state index in [2.05, 4.69) is 26.2 Å². The maximum atomic E-state index is 5.70. The fourth-order valence-corrected chi connectivity index (χ4v) is 2.18. The summed E-state index contributed by atoms with van der Waals surface area (Å²) in [4.78, 5) is 4.45. The summed E-state index contributed by atoms with van der Waals surface area (Å²) in [6, 6.07) is 6.67. The van der Waals surface area contributed by atoms with Crippen molar-refractivity contribution in [3.8, 4) is 0 Å². The van der Waals surface area contributed by atoms with Crippen molar-refractivity contribution in [3.05, 3.63) is 28.6 Å². The molecular weight excluding hydrogens is 268 g/mol. The zero-order valence-electron chi connectivity index (χ0n) is 8.87. The normalized spacial score (nSPS) is 15.8. The van der Waals surface area contributed by atoms with Crippen LogP contribution in [0, 0.1) is 0 Å². The van der Waals surface area contributed by atoms with Crippen molar-refractivity contribution < 1.29 is 4.42 Å². The molecule has 0 radical (unpaired) electrons. The molecule has 0 amide bonds. The van der Waals surface area contributed by atoms with E-state index in [-0.39, 0.29) is 0 Å². The molecular formula is C12H13BrN2O. The minimum absolute atomic E-state index is 0.746. The van der Waals surface area contributed by atoms with Gasteiger partial charge in [0.1, 0.15) is 5.52 Å². The molecule has 4 heteroatoms. The Balaban J connectivity index is 1.73. The van der Waals surface area contributed by atoms with Crippen LogP contribution in [0.25, 0.3) is 11.1 Å². The van der Waals surface area contributed by atoms with Gasteiger partial charge in [0.05, 0.1) is 4.47 Å². The van der Waals surface area contributed by atoms with Gasteiger partial charge in [0.2, 0.25) is 0 Å². The molecule has 1 aromatic heterocycles. The Morgan fingerprint density at radius 1 is 1.44 bits per heavy atom. The molecule has 16 heavy (non-hydrogen) atoms. The Morgan fingerprint density at radius 2 is 2.31 bits per heavy atom. The molecule has 1 aromatic carbocycles. The molecule has 0 saturated heterocycles. The van der Waals surface area contributed by atoms with Crippen LogP contribution in [-0.2, 0) is 6.42 Å². The fraction of sp³-hybridized carbons (Fsp3) is 0.417. The lowest BCUT2D eigenvalue weighted by atomic mass is 10.3. The summed E-state index contributed by atoms with van der Waals surface area (Å²) in [5.74, 6) is 0.815. The van der Waals surface area contributed by atoms with E-state index in [4.69, 9.17) is 4.42 Å². The first-order chi connectivity index (χ1) is 7.83. The zero-order chi connectivity index (χ0) is 11.0. The number of hydrogen-bond donors (Lipinski definition) is 1. The van der Waals surface area contributed by atoms with Crippen LogP contribution in [0.5, 0.6) is 0 Å². The summed E-state index contributed by atoms with van der Waals surface area (Å²) < 4.78 is 6.67. The topological polar surface area (TPSA) is 38.1 Å². The van der Waals surface area contributed by atoms with Crippen LogP contribution in [0.1, 0.15) is 18.7 Å². The Kier molecular flexibility index (Phi) is 2.69. The van der Waals surface area contributed by atoms with Crippen LogP contribution >= 0.6 is 15.9 Å². The Bertz CT molecular complexity index is 505. The highest BCUT2D eigenvalue weighted by Gasteiger charge is 2.20. The van der Waals surface area contributed by atoms with Gasteiger partial charge in [-0.2, -0.15) is 0 Å². The lowest BCUT2D eigenvalue weighted by Crippen LogP contribution is -2.19. The number of benzene rings is 1. The smallest absolute Gasteiger partial charge is 0.196 e. The van der Waals surface area contributed by atoms with Crippen LogP contribution < -0.4 is 5.32 Å². The predicted molar refractivity (Wildman–Crippen MR) is 66.4 cm³/mol. The second-order valence-corrected chi connectivity index (χ2v) is 5.03. The second kappa shape index (κ2) is 4.18. The lowest BCUT2D eigenvalue weighted by molar-refractivity contribution is 0.513. The number of rotatable bonds is 4. The lowest BCUT2D eigenvalue weighted by Gasteiger charge is -1.97. The average molecular weight is 281 g/mol. The highest BCUT2D eigenvalue weighted by Crippen LogP contribution is 2.24. The van der Waals surface area contributed by atoms with Crippen molar-refractivity contribution >= 4 is 27.0 Å². The summed E-state index contributed by atoms with van der Waals surface area (Å²) in [6.45, 7) is 0.953. The van der Waals surface area contributed by atoms with Crippen molar-refractivity contribution in [3.63, 3.8) is 0 Å². The number of aromatic nitrogens is 1. The zero-order valence-corrected chi connectivity index (χ0v) is 10.5. The summed E-state index contributed by atoms with van der Waals surface area (Å²) in [5, 5.41) is 3.45. The summed E-state index contributed by atoms with van der Waals surface area (Å²) >= 11 is 3.46. The first-order valence-electron chi connectivity index (χ1n) is 5.60. The van der Waals surface area contributed by atoms with E-state index in [0.717, 1.165) is 40.5 Å². The highest BCUT2D eigenvalue weighted by molar-refractivity contribution is 9.10. The molecule has 0 spiro atoms. The first kappa shape index (κ1) is 10.3. The number of hydrogen-bond acceptors (Lipinski definition) is 3. The SMILES string of the molecule is Brc1cccc2nc(CCNC3CC3)oc12. The third-order valence-electron chi connectivity index (χ3n) is 2.76. The van der Waals surface area contributed by atoms with E-state index in [1.807, 2.05) is 18.2 Å². The van der Waals surface area contributed by atoms with Crippen molar-refractivity contribution in [1.29, 1.82) is 0 Å². The Labute approximate surface area is 102 Å². The van der Waals surface area contributed by atoms with Gasteiger partial charge in [-0.1, -0.05) is 6.07 Å². The van der Waals surface area contributed by atoms with E-state index in [1.165, 1.54) is 12.8 Å². The van der Waals surface area contributed by atoms with Crippen molar-refractivity contribution in [2.24, 2.45) is 0 Å². The monoisotopic (exact) mass is 280 g/mol. The molecule has 0 bridgehead atoms. The van der Waals surface area contributed by atoms with Crippen molar-refractivity contribution in [2.75, 3.05) is 6.54 Å². The standard InChI is InChI=1S/C12H13BrN2O/c13-9-2-1-3-10-12(9)16-11(15-10)6-7-14-8-4-5-8/h1-3,8,14H,4-7H2. The molecule has 2 aromatic rings. The average Bonchev–Trinajstić information content (AvgIpc) is 2.98. The minimum Gasteiger partial charge on any atom is -0.439 e. The fourth-order valence-electron chi connectivity index (χ4n) is 1.74. The molecule has 0 atom stereocenters. The molecule has 1 fully saturated rings. The van der Waals surface area contributed by atoms with Gasteiger partial charge in [-0.3, -0.25) is 0 Å². The van der Waals surface area contributed by atoms with Crippen LogP contribution in [0.15, 0.2) is 27.1 Å². The van der Waals surface area contributed by atoms with Crippen LogP contribution in [0.4, 0.5) is 0 Å². The van der Waals surface area contributed by atoms with E-state index < -0.39 is 0 Å². The molecule has 1 saturated carbocycles. The summed E-state index contributed by atoms with van der Waals surface area (Å²) in [5.41, 5.74) is 1.78. The van der Waals surface area contributed by atoms with E-state index >= 15 is 0 Å². The summed E-state index contributed by atoms with van der Waals surface area (Å²) in [6.07, 6.45) is 3.50. The van der Waals surface area contributed by atoms with E-state index in [9.17, 15) is 0 Å². The van der Waals surface area contributed by atoms with Crippen LogP contribution in [0.3, 0.4) is 0 Å². The van der Waals surface area contributed by atoms with Gasteiger partial charge in [-0.15, -0.1) is 0 Å². The number of oxazole rings is 1. The molecule has 0 unspecified atom stereocenters. The third kappa shape index (κ3) is 2.13. The van der Waals surface area contributed by atoms with Gasteiger partial charge < -0.3 is 9.73 Å². The molecule has 1 aliphatic rings. The predicted octanol–water partition coefficient (Wildman–Crippen LogP) is 2.88. The summed E-state index contributed by atoms with van der Waals surface area (Å²) in [7, 11) is 0. The van der Waals surface area contributed by atoms with Gasteiger partial charge in [0.25, 0.3) is 0 Å². The van der Waals surface area contributed by atoms with Gasteiger partial charge in [-0.05, 0) is 40.9 Å². The minimum atomic E-state index is 0.746. The van der Waals surface area contributed by atoms with Crippen molar-refractivity contribution in [2.45, 2.75) is 25.3 Å². The Hall–Kier alpha value is -0.870. The van der Waals surface area contributed by atoms with Gasteiger partial charge in [0.15, 0.2) is 11.5 Å². The number of para-hydroxylation sites is 1. The number of nitrogens with one attached hydrogen (secondary N) is 1. The number of halogens is 1.